The summed E-state index contributed by atoms with van der Waals surface area (Å²) in [6.45, 7) is 0.762. The number of benzene rings is 2. The number of carbonyl (C=O) groups excluding carboxylic acids is 1. The van der Waals surface area contributed by atoms with Crippen molar-refractivity contribution < 1.29 is 32.6 Å². The molecule has 0 aromatic heterocycles. The third-order valence-electron chi connectivity index (χ3n) is 8.40. The Bertz CT molecular complexity index is 1200. The Hall–Kier alpha value is -3.07. The van der Waals surface area contributed by atoms with E-state index in [0.29, 0.717) is 11.6 Å². The van der Waals surface area contributed by atoms with Crippen LogP contribution in [0.5, 0.6) is 5.75 Å². The van der Waals surface area contributed by atoms with E-state index in [1.807, 2.05) is 23.1 Å². The number of carboxylic acid groups (broad SMARTS) is 1. The molecule has 3 aliphatic carbocycles. The lowest BCUT2D eigenvalue weighted by molar-refractivity contribution is -0.274. The van der Waals surface area contributed by atoms with E-state index in [1.165, 1.54) is 24.3 Å². The SMILES string of the molecule is O=C(O)C1CC1CN(C1CC1)[C@H]1c2ccccc2N(C(=O)c2ccc(OC(F)(F)F)cc2)[C@@H]2CCC[C@@H]21. The van der Waals surface area contributed by atoms with E-state index in [-0.39, 0.29) is 41.5 Å². The van der Waals surface area contributed by atoms with Crippen LogP contribution in [0.4, 0.5) is 18.9 Å². The summed E-state index contributed by atoms with van der Waals surface area (Å²) in [5, 5.41) is 9.46. The van der Waals surface area contributed by atoms with Gasteiger partial charge in [-0.2, -0.15) is 0 Å². The van der Waals surface area contributed by atoms with Crippen molar-refractivity contribution in [1.82, 2.24) is 4.90 Å². The zero-order chi connectivity index (χ0) is 25.9. The van der Waals surface area contributed by atoms with E-state index in [2.05, 4.69) is 15.7 Å². The van der Waals surface area contributed by atoms with Crippen molar-refractivity contribution in [2.24, 2.45) is 17.8 Å². The summed E-state index contributed by atoms with van der Waals surface area (Å²) in [5.74, 6) is -1.18. The standard InChI is InChI=1S/C28H29F3N2O4/c29-28(30,31)37-19-12-8-16(9-13-19)26(34)33-23-6-2-1-4-20(23)25(21-5-3-7-24(21)33)32(18-10-11-18)15-17-14-22(17)27(35)36/h1-2,4,6,8-9,12-13,17-18,21-22,24-25H,3,5,7,10-11,14-15H2,(H,35,36)/t17?,21-,22?,24+,25-/m0/s1. The van der Waals surface area contributed by atoms with Gasteiger partial charge in [0, 0.05) is 35.9 Å². The number of fused-ring (bicyclic) bond motifs is 2. The van der Waals surface area contributed by atoms with Crippen LogP contribution in [-0.4, -0.2) is 46.9 Å². The first-order valence-corrected chi connectivity index (χ1v) is 13.0. The summed E-state index contributed by atoms with van der Waals surface area (Å²) < 4.78 is 41.7. The fourth-order valence-corrected chi connectivity index (χ4v) is 6.57. The molecule has 2 aromatic rings. The van der Waals surface area contributed by atoms with Crippen LogP contribution in [0.3, 0.4) is 0 Å². The molecule has 0 saturated heterocycles. The van der Waals surface area contributed by atoms with E-state index in [0.717, 1.165) is 56.3 Å². The molecule has 196 valence electrons. The van der Waals surface area contributed by atoms with E-state index < -0.39 is 12.3 Å². The molecule has 0 spiro atoms. The van der Waals surface area contributed by atoms with Crippen LogP contribution in [0.25, 0.3) is 0 Å². The molecule has 6 rings (SSSR count). The number of nitrogens with zero attached hydrogens (tertiary/aromatic N) is 2. The van der Waals surface area contributed by atoms with Gasteiger partial charge in [-0.05, 0) is 79.8 Å². The third-order valence-corrected chi connectivity index (χ3v) is 8.40. The number of hydrogen-bond donors (Lipinski definition) is 1. The second-order valence-corrected chi connectivity index (χ2v) is 10.8. The first-order chi connectivity index (χ1) is 17.7. The number of amides is 1. The predicted octanol–water partition coefficient (Wildman–Crippen LogP) is 5.64. The van der Waals surface area contributed by atoms with Gasteiger partial charge in [0.15, 0.2) is 0 Å². The molecule has 5 atom stereocenters. The number of hydrogen-bond acceptors (Lipinski definition) is 4. The zero-order valence-electron chi connectivity index (χ0n) is 20.2. The maximum Gasteiger partial charge on any atom is 0.573 e. The van der Waals surface area contributed by atoms with Crippen molar-refractivity contribution in [2.45, 2.75) is 63.0 Å². The molecule has 2 unspecified atom stereocenters. The molecule has 3 fully saturated rings. The molecule has 0 bridgehead atoms. The molecule has 1 heterocycles. The first-order valence-electron chi connectivity index (χ1n) is 13.0. The summed E-state index contributed by atoms with van der Waals surface area (Å²) in [4.78, 5) is 29.7. The van der Waals surface area contributed by atoms with Gasteiger partial charge in [0.1, 0.15) is 5.75 Å². The normalized spacial score (nSPS) is 28.5. The van der Waals surface area contributed by atoms with Crippen LogP contribution in [0.2, 0.25) is 0 Å². The molecule has 4 aliphatic rings. The lowest BCUT2D eigenvalue weighted by atomic mass is 9.81. The van der Waals surface area contributed by atoms with E-state index in [4.69, 9.17) is 0 Å². The molecule has 1 N–H and O–H groups in total. The van der Waals surface area contributed by atoms with Gasteiger partial charge in [-0.3, -0.25) is 14.5 Å². The number of aliphatic carboxylic acids is 1. The smallest absolute Gasteiger partial charge is 0.481 e. The topological polar surface area (TPSA) is 70.1 Å². The molecular formula is C28H29F3N2O4. The Balaban J connectivity index is 1.32. The number of rotatable bonds is 7. The highest BCUT2D eigenvalue weighted by atomic mass is 19.4. The second-order valence-electron chi connectivity index (χ2n) is 10.8. The Labute approximate surface area is 213 Å². The van der Waals surface area contributed by atoms with Crippen LogP contribution < -0.4 is 9.64 Å². The Morgan fingerprint density at radius 3 is 2.41 bits per heavy atom. The average Bonchev–Trinajstić information content (AvgIpc) is 3.78. The largest absolute Gasteiger partial charge is 0.573 e. The van der Waals surface area contributed by atoms with Crippen molar-refractivity contribution >= 4 is 17.6 Å². The molecular weight excluding hydrogens is 485 g/mol. The highest BCUT2D eigenvalue weighted by Crippen LogP contribution is 2.54. The quantitative estimate of drug-likeness (QED) is 0.518. The highest BCUT2D eigenvalue weighted by molar-refractivity contribution is 6.07. The molecule has 6 nitrogen and oxygen atoms in total. The summed E-state index contributed by atoms with van der Waals surface area (Å²) in [6.07, 6.45) is 0.965. The number of para-hydroxylation sites is 1. The van der Waals surface area contributed by atoms with Crippen LogP contribution >= 0.6 is 0 Å². The van der Waals surface area contributed by atoms with E-state index >= 15 is 0 Å². The van der Waals surface area contributed by atoms with Crippen LogP contribution in [0, 0.1) is 17.8 Å². The monoisotopic (exact) mass is 514 g/mol. The first kappa shape index (κ1) is 24.3. The highest BCUT2D eigenvalue weighted by Gasteiger charge is 2.53. The van der Waals surface area contributed by atoms with Crippen LogP contribution in [-0.2, 0) is 4.79 Å². The number of carbonyl (C=O) groups is 2. The minimum absolute atomic E-state index is 0.0192. The lowest BCUT2D eigenvalue weighted by Gasteiger charge is -2.48. The van der Waals surface area contributed by atoms with Crippen molar-refractivity contribution in [3.05, 3.63) is 59.7 Å². The fraction of sp³-hybridized carbons (Fsp3) is 0.500. The summed E-state index contributed by atoms with van der Waals surface area (Å²) in [6, 6.07) is 13.6. The minimum Gasteiger partial charge on any atom is -0.481 e. The van der Waals surface area contributed by atoms with Crippen LogP contribution in [0.1, 0.15) is 60.5 Å². The second kappa shape index (κ2) is 9.04. The fourth-order valence-electron chi connectivity index (χ4n) is 6.57. The van der Waals surface area contributed by atoms with Gasteiger partial charge in [-0.15, -0.1) is 13.2 Å². The van der Waals surface area contributed by atoms with Gasteiger partial charge in [0.25, 0.3) is 5.91 Å². The van der Waals surface area contributed by atoms with E-state index in [9.17, 15) is 27.9 Å². The van der Waals surface area contributed by atoms with E-state index in [1.54, 1.807) is 0 Å². The Morgan fingerprint density at radius 2 is 1.76 bits per heavy atom. The van der Waals surface area contributed by atoms with Crippen molar-refractivity contribution in [2.75, 3.05) is 11.4 Å². The van der Waals surface area contributed by atoms with Gasteiger partial charge in [-0.25, -0.2) is 0 Å². The van der Waals surface area contributed by atoms with Gasteiger partial charge < -0.3 is 14.7 Å². The number of ether oxygens (including phenoxy) is 1. The summed E-state index contributed by atoms with van der Waals surface area (Å²) in [7, 11) is 0. The predicted molar refractivity (Wildman–Crippen MR) is 129 cm³/mol. The number of alkyl halides is 3. The van der Waals surface area contributed by atoms with Gasteiger partial charge in [0.05, 0.1) is 5.92 Å². The molecule has 3 saturated carbocycles. The average molecular weight is 515 g/mol. The van der Waals surface area contributed by atoms with Crippen molar-refractivity contribution in [3.63, 3.8) is 0 Å². The summed E-state index contributed by atoms with van der Waals surface area (Å²) in [5.41, 5.74) is 2.23. The van der Waals surface area contributed by atoms with Gasteiger partial charge >= 0.3 is 12.3 Å². The Kier molecular flexibility index (Phi) is 5.93. The molecule has 1 amide bonds. The third kappa shape index (κ3) is 4.69. The molecule has 37 heavy (non-hydrogen) atoms. The van der Waals surface area contributed by atoms with Gasteiger partial charge in [0.2, 0.25) is 0 Å². The van der Waals surface area contributed by atoms with Gasteiger partial charge in [-0.1, -0.05) is 24.6 Å². The molecule has 9 heteroatoms. The summed E-state index contributed by atoms with van der Waals surface area (Å²) >= 11 is 0. The molecule has 0 radical (unpaired) electrons. The zero-order valence-corrected chi connectivity index (χ0v) is 20.2. The van der Waals surface area contributed by atoms with Crippen molar-refractivity contribution in [3.8, 4) is 5.75 Å². The number of anilines is 1. The van der Waals surface area contributed by atoms with Crippen molar-refractivity contribution in [1.29, 1.82) is 0 Å². The maximum atomic E-state index is 13.8. The Morgan fingerprint density at radius 1 is 1.03 bits per heavy atom. The maximum absolute atomic E-state index is 13.8. The molecule has 1 aliphatic heterocycles. The number of carboxylic acids is 1. The lowest BCUT2D eigenvalue weighted by Crippen LogP contribution is -2.52. The number of halogens is 3. The van der Waals surface area contributed by atoms with Crippen LogP contribution in [0.15, 0.2) is 48.5 Å². The minimum atomic E-state index is -4.79. The molecule has 2 aromatic carbocycles.